The van der Waals surface area contributed by atoms with E-state index in [1.165, 1.54) is 17.4 Å². The van der Waals surface area contributed by atoms with Gasteiger partial charge in [-0.15, -0.1) is 0 Å². The number of carbonyl (C=O) groups is 1. The average molecular weight is 484 g/mol. The number of rotatable bonds is 7. The lowest BCUT2D eigenvalue weighted by Crippen LogP contribution is -2.46. The lowest BCUT2D eigenvalue weighted by molar-refractivity contribution is -0.113. The summed E-state index contributed by atoms with van der Waals surface area (Å²) in [6.07, 6.45) is 1.75. The second-order valence-corrected chi connectivity index (χ2v) is 9.02. The normalized spacial score (nSPS) is 13.7. The molecular formula is C24H26ClN5O2S. The molecule has 2 aromatic carbocycles. The quantitative estimate of drug-likeness (QED) is 0.391. The Labute approximate surface area is 203 Å². The fourth-order valence-corrected chi connectivity index (χ4v) is 4.37. The highest BCUT2D eigenvalue weighted by Gasteiger charge is 2.19. The van der Waals surface area contributed by atoms with Crippen molar-refractivity contribution in [1.29, 1.82) is 0 Å². The summed E-state index contributed by atoms with van der Waals surface area (Å²) in [7, 11) is 1.68. The SMILES string of the molecule is COc1ccc(N2CCN(c3ccnc(SCC(=O)Nc4ccc(C)c(Cl)c4)n3)CC2)cc1. The van der Waals surface area contributed by atoms with Crippen LogP contribution in [0.1, 0.15) is 5.56 Å². The molecule has 0 bridgehead atoms. The summed E-state index contributed by atoms with van der Waals surface area (Å²) in [6.45, 7) is 5.46. The Balaban J connectivity index is 1.29. The van der Waals surface area contributed by atoms with Gasteiger partial charge in [0, 0.05) is 48.8 Å². The van der Waals surface area contributed by atoms with E-state index < -0.39 is 0 Å². The van der Waals surface area contributed by atoms with Gasteiger partial charge in [-0.2, -0.15) is 0 Å². The summed E-state index contributed by atoms with van der Waals surface area (Å²) in [5, 5.41) is 4.08. The Morgan fingerprint density at radius 1 is 1.09 bits per heavy atom. The zero-order valence-corrected chi connectivity index (χ0v) is 20.2. The minimum atomic E-state index is -0.123. The first-order valence-electron chi connectivity index (χ1n) is 10.7. The molecule has 1 aromatic heterocycles. The Morgan fingerprint density at radius 3 is 2.52 bits per heavy atom. The lowest BCUT2D eigenvalue weighted by Gasteiger charge is -2.36. The van der Waals surface area contributed by atoms with Crippen LogP contribution in [0.25, 0.3) is 0 Å². The van der Waals surface area contributed by atoms with Crippen LogP contribution in [-0.2, 0) is 4.79 Å². The van der Waals surface area contributed by atoms with Crippen molar-refractivity contribution in [2.45, 2.75) is 12.1 Å². The molecule has 0 aliphatic carbocycles. The molecule has 7 nitrogen and oxygen atoms in total. The highest BCUT2D eigenvalue weighted by molar-refractivity contribution is 7.99. The number of halogens is 1. The Kier molecular flexibility index (Phi) is 7.57. The fraction of sp³-hybridized carbons (Fsp3) is 0.292. The monoisotopic (exact) mass is 483 g/mol. The maximum Gasteiger partial charge on any atom is 0.234 e. The van der Waals surface area contributed by atoms with Gasteiger partial charge in [0.05, 0.1) is 12.9 Å². The van der Waals surface area contributed by atoms with Gasteiger partial charge in [0.2, 0.25) is 5.91 Å². The number of aromatic nitrogens is 2. The number of benzene rings is 2. The van der Waals surface area contributed by atoms with Crippen molar-refractivity contribution in [1.82, 2.24) is 9.97 Å². The molecule has 0 spiro atoms. The first-order chi connectivity index (χ1) is 16.0. The third-order valence-electron chi connectivity index (χ3n) is 5.45. The zero-order chi connectivity index (χ0) is 23.2. The molecule has 0 radical (unpaired) electrons. The smallest absolute Gasteiger partial charge is 0.234 e. The standard InChI is InChI=1S/C24H26ClN5O2S/c1-17-3-4-18(15-21(17)25)27-23(31)16-33-24-26-10-9-22(28-24)30-13-11-29(12-14-30)19-5-7-20(32-2)8-6-19/h3-10,15H,11-14,16H2,1-2H3,(H,27,31). The van der Waals surface area contributed by atoms with Crippen LogP contribution in [0, 0.1) is 6.92 Å². The Morgan fingerprint density at radius 2 is 1.82 bits per heavy atom. The first-order valence-corrected chi connectivity index (χ1v) is 12.0. The first kappa shape index (κ1) is 23.2. The van der Waals surface area contributed by atoms with E-state index in [9.17, 15) is 4.79 Å². The molecule has 1 amide bonds. The van der Waals surface area contributed by atoms with Crippen molar-refractivity contribution in [3.05, 3.63) is 65.3 Å². The predicted molar refractivity (Wildman–Crippen MR) is 135 cm³/mol. The van der Waals surface area contributed by atoms with Crippen LogP contribution in [-0.4, -0.2) is 54.9 Å². The minimum absolute atomic E-state index is 0.123. The van der Waals surface area contributed by atoms with Gasteiger partial charge in [-0.1, -0.05) is 29.4 Å². The maximum atomic E-state index is 12.3. The molecule has 33 heavy (non-hydrogen) atoms. The molecule has 3 aromatic rings. The number of ether oxygens (including phenoxy) is 1. The maximum absolute atomic E-state index is 12.3. The number of methoxy groups -OCH3 is 1. The summed E-state index contributed by atoms with van der Waals surface area (Å²) in [6, 6.07) is 15.5. The summed E-state index contributed by atoms with van der Waals surface area (Å²) in [4.78, 5) is 25.9. The van der Waals surface area contributed by atoms with Crippen molar-refractivity contribution in [3.8, 4) is 5.75 Å². The van der Waals surface area contributed by atoms with Gasteiger partial charge in [0.1, 0.15) is 11.6 Å². The van der Waals surface area contributed by atoms with Crippen LogP contribution in [0.15, 0.2) is 59.9 Å². The molecule has 172 valence electrons. The van der Waals surface area contributed by atoms with E-state index in [0.29, 0.717) is 15.9 Å². The van der Waals surface area contributed by atoms with E-state index in [4.69, 9.17) is 16.3 Å². The summed E-state index contributed by atoms with van der Waals surface area (Å²) >= 11 is 7.45. The average Bonchev–Trinajstić information content (AvgIpc) is 2.85. The highest BCUT2D eigenvalue weighted by atomic mass is 35.5. The van der Waals surface area contributed by atoms with Crippen molar-refractivity contribution >= 4 is 46.5 Å². The van der Waals surface area contributed by atoms with Gasteiger partial charge in [-0.05, 0) is 55.0 Å². The summed E-state index contributed by atoms with van der Waals surface area (Å²) in [5.41, 5.74) is 2.84. The van der Waals surface area contributed by atoms with Gasteiger partial charge in [-0.25, -0.2) is 9.97 Å². The molecule has 1 N–H and O–H groups in total. The number of amides is 1. The van der Waals surface area contributed by atoms with Gasteiger partial charge in [0.15, 0.2) is 5.16 Å². The van der Waals surface area contributed by atoms with Crippen LogP contribution in [0.3, 0.4) is 0 Å². The molecule has 4 rings (SSSR count). The summed E-state index contributed by atoms with van der Waals surface area (Å²) < 4.78 is 5.24. The van der Waals surface area contributed by atoms with E-state index in [-0.39, 0.29) is 11.7 Å². The highest BCUT2D eigenvalue weighted by Crippen LogP contribution is 2.24. The zero-order valence-electron chi connectivity index (χ0n) is 18.6. The van der Waals surface area contributed by atoms with Crippen molar-refractivity contribution in [3.63, 3.8) is 0 Å². The Bertz CT molecular complexity index is 1100. The van der Waals surface area contributed by atoms with Crippen LogP contribution in [0.4, 0.5) is 17.2 Å². The van der Waals surface area contributed by atoms with Gasteiger partial charge >= 0.3 is 0 Å². The third kappa shape index (κ3) is 6.09. The molecule has 0 atom stereocenters. The van der Waals surface area contributed by atoms with Crippen LogP contribution >= 0.6 is 23.4 Å². The molecule has 2 heterocycles. The minimum Gasteiger partial charge on any atom is -0.497 e. The van der Waals surface area contributed by atoms with Crippen molar-refractivity contribution in [2.75, 3.05) is 54.2 Å². The van der Waals surface area contributed by atoms with Gasteiger partial charge in [-0.3, -0.25) is 4.79 Å². The fourth-order valence-electron chi connectivity index (χ4n) is 3.56. The van der Waals surface area contributed by atoms with E-state index in [2.05, 4.69) is 37.2 Å². The topological polar surface area (TPSA) is 70.6 Å². The van der Waals surface area contributed by atoms with Crippen molar-refractivity contribution in [2.24, 2.45) is 0 Å². The number of carbonyl (C=O) groups excluding carboxylic acids is 1. The van der Waals surface area contributed by atoms with E-state index in [1.54, 1.807) is 19.4 Å². The number of hydrogen-bond acceptors (Lipinski definition) is 7. The molecular weight excluding hydrogens is 458 g/mol. The van der Waals surface area contributed by atoms with Gasteiger partial charge in [0.25, 0.3) is 0 Å². The van der Waals surface area contributed by atoms with E-state index in [0.717, 1.165) is 43.3 Å². The number of nitrogens with zero attached hydrogens (tertiary/aromatic N) is 4. The predicted octanol–water partition coefficient (Wildman–Crippen LogP) is 4.50. The van der Waals surface area contributed by atoms with E-state index in [1.807, 2.05) is 37.3 Å². The molecule has 1 aliphatic heterocycles. The molecule has 9 heteroatoms. The summed E-state index contributed by atoms with van der Waals surface area (Å²) in [5.74, 6) is 1.84. The molecule has 1 fully saturated rings. The Hall–Kier alpha value is -2.97. The number of aryl methyl sites for hydroxylation is 1. The van der Waals surface area contributed by atoms with Gasteiger partial charge < -0.3 is 19.9 Å². The third-order valence-corrected chi connectivity index (χ3v) is 6.72. The van der Waals surface area contributed by atoms with Crippen molar-refractivity contribution < 1.29 is 9.53 Å². The number of anilines is 3. The van der Waals surface area contributed by atoms with Crippen LogP contribution < -0.4 is 19.9 Å². The van der Waals surface area contributed by atoms with Crippen LogP contribution in [0.2, 0.25) is 5.02 Å². The van der Waals surface area contributed by atoms with Crippen LogP contribution in [0.5, 0.6) is 5.75 Å². The second-order valence-electron chi connectivity index (χ2n) is 7.67. The molecule has 0 saturated carbocycles. The second kappa shape index (κ2) is 10.8. The molecule has 1 aliphatic rings. The van der Waals surface area contributed by atoms with E-state index >= 15 is 0 Å². The number of hydrogen-bond donors (Lipinski definition) is 1. The lowest BCUT2D eigenvalue weighted by atomic mass is 10.2. The number of thioether (sulfide) groups is 1. The number of nitrogens with one attached hydrogen (secondary N) is 1. The largest absolute Gasteiger partial charge is 0.497 e. The molecule has 0 unspecified atom stereocenters. The molecule has 1 saturated heterocycles. The number of piperazine rings is 1.